The number of aliphatic carboxylic acids is 1. The molecule has 0 saturated carbocycles. The number of anilines is 4. The highest BCUT2D eigenvalue weighted by molar-refractivity contribution is 5.69. The molecule has 0 aliphatic rings. The summed E-state index contributed by atoms with van der Waals surface area (Å²) in [5, 5.41) is 26.0. The molecule has 0 aliphatic carbocycles. The number of nitrogen functional groups attached to an aromatic ring is 3. The third kappa shape index (κ3) is 8.17. The summed E-state index contributed by atoms with van der Waals surface area (Å²) >= 11 is 0. The van der Waals surface area contributed by atoms with Gasteiger partial charge in [0.25, 0.3) is 0 Å². The Morgan fingerprint density at radius 3 is 2.11 bits per heavy atom. The number of rotatable bonds is 8. The van der Waals surface area contributed by atoms with Gasteiger partial charge in [0.1, 0.15) is 5.75 Å². The van der Waals surface area contributed by atoms with E-state index in [1.807, 2.05) is 23.1 Å². The summed E-state index contributed by atoms with van der Waals surface area (Å²) in [4.78, 5) is 12.0. The first-order valence-electron chi connectivity index (χ1n) is 8.19. The molecule has 148 valence electrons. The third-order valence-electron chi connectivity index (χ3n) is 3.36. The van der Waals surface area contributed by atoms with Crippen molar-refractivity contribution in [2.24, 2.45) is 0 Å². The predicted octanol–water partition coefficient (Wildman–Crippen LogP) is 0.374. The molecule has 9 N–H and O–H groups in total. The van der Waals surface area contributed by atoms with Crippen LogP contribution in [-0.2, 0) is 4.79 Å². The van der Waals surface area contributed by atoms with Crippen LogP contribution in [0.1, 0.15) is 0 Å². The van der Waals surface area contributed by atoms with Crippen LogP contribution in [-0.4, -0.2) is 54.2 Å². The van der Waals surface area contributed by atoms with Crippen LogP contribution in [0.4, 0.5) is 22.7 Å². The van der Waals surface area contributed by atoms with Gasteiger partial charge in [0.15, 0.2) is 6.61 Å². The van der Waals surface area contributed by atoms with Crippen molar-refractivity contribution in [1.82, 2.24) is 0 Å². The number of hydrogen-bond donors (Lipinski definition) is 6. The lowest BCUT2D eigenvalue weighted by Gasteiger charge is -2.23. The summed E-state index contributed by atoms with van der Waals surface area (Å²) in [6, 6.07) is 12.0. The lowest BCUT2D eigenvalue weighted by molar-refractivity contribution is -0.139. The maximum Gasteiger partial charge on any atom is 0.341 e. The summed E-state index contributed by atoms with van der Waals surface area (Å²) < 4.78 is 4.87. The molecule has 2 aromatic carbocycles. The van der Waals surface area contributed by atoms with E-state index >= 15 is 0 Å². The first-order chi connectivity index (χ1) is 12.9. The second-order valence-corrected chi connectivity index (χ2v) is 5.51. The van der Waals surface area contributed by atoms with E-state index in [0.29, 0.717) is 35.9 Å². The van der Waals surface area contributed by atoms with Gasteiger partial charge < -0.3 is 42.2 Å². The van der Waals surface area contributed by atoms with Crippen LogP contribution in [0, 0.1) is 0 Å². The van der Waals surface area contributed by atoms with Crippen molar-refractivity contribution in [3.8, 4) is 5.75 Å². The monoisotopic (exact) mass is 378 g/mol. The SMILES string of the molecule is Nc1ccc(OCC(=O)O)c(N)c1.Nc1cccc(N(CCO)CCO)c1. The molecule has 2 aromatic rings. The van der Waals surface area contributed by atoms with Gasteiger partial charge in [-0.25, -0.2) is 4.79 Å². The van der Waals surface area contributed by atoms with Crippen molar-refractivity contribution in [3.63, 3.8) is 0 Å². The number of benzene rings is 2. The first kappa shape index (κ1) is 21.9. The minimum Gasteiger partial charge on any atom is -0.480 e. The maximum absolute atomic E-state index is 10.2. The van der Waals surface area contributed by atoms with E-state index in [1.54, 1.807) is 12.1 Å². The van der Waals surface area contributed by atoms with Gasteiger partial charge in [0, 0.05) is 30.2 Å². The number of hydrogen-bond acceptors (Lipinski definition) is 8. The fraction of sp³-hybridized carbons (Fsp3) is 0.278. The van der Waals surface area contributed by atoms with Crippen LogP contribution in [0.5, 0.6) is 5.75 Å². The molecule has 0 radical (unpaired) electrons. The van der Waals surface area contributed by atoms with Crippen molar-refractivity contribution in [2.75, 3.05) is 55.0 Å². The highest BCUT2D eigenvalue weighted by Crippen LogP contribution is 2.23. The van der Waals surface area contributed by atoms with E-state index in [-0.39, 0.29) is 13.2 Å². The molecule has 0 aliphatic heterocycles. The average molecular weight is 378 g/mol. The molecule has 0 bridgehead atoms. The fourth-order valence-electron chi connectivity index (χ4n) is 2.17. The zero-order chi connectivity index (χ0) is 20.2. The topological polar surface area (TPSA) is 168 Å². The second-order valence-electron chi connectivity index (χ2n) is 5.51. The molecule has 27 heavy (non-hydrogen) atoms. The highest BCUT2D eigenvalue weighted by atomic mass is 16.5. The summed E-state index contributed by atoms with van der Waals surface area (Å²) in [6.07, 6.45) is 0. The van der Waals surface area contributed by atoms with Crippen LogP contribution in [0.15, 0.2) is 42.5 Å². The van der Waals surface area contributed by atoms with Gasteiger partial charge in [-0.1, -0.05) is 6.07 Å². The normalized spacial score (nSPS) is 9.85. The molecular weight excluding hydrogens is 352 g/mol. The van der Waals surface area contributed by atoms with Crippen molar-refractivity contribution in [1.29, 1.82) is 0 Å². The lowest BCUT2D eigenvalue weighted by atomic mass is 10.2. The zero-order valence-corrected chi connectivity index (χ0v) is 14.9. The number of nitrogens with zero attached hydrogens (tertiary/aromatic N) is 1. The summed E-state index contributed by atoms with van der Waals surface area (Å²) in [5.41, 5.74) is 19.0. The Morgan fingerprint density at radius 2 is 1.59 bits per heavy atom. The van der Waals surface area contributed by atoms with Crippen LogP contribution in [0.25, 0.3) is 0 Å². The van der Waals surface area contributed by atoms with Gasteiger partial charge in [0.05, 0.1) is 18.9 Å². The number of carbonyl (C=O) groups is 1. The Kier molecular flexibility index (Phi) is 9.27. The summed E-state index contributed by atoms with van der Waals surface area (Å²) in [7, 11) is 0. The number of carboxylic acid groups (broad SMARTS) is 1. The fourth-order valence-corrected chi connectivity index (χ4v) is 2.17. The lowest BCUT2D eigenvalue weighted by Crippen LogP contribution is -2.29. The summed E-state index contributed by atoms with van der Waals surface area (Å²) in [5.74, 6) is -0.715. The van der Waals surface area contributed by atoms with Crippen LogP contribution >= 0.6 is 0 Å². The van der Waals surface area contributed by atoms with E-state index in [9.17, 15) is 4.79 Å². The molecule has 2 rings (SSSR count). The predicted molar refractivity (Wildman–Crippen MR) is 106 cm³/mol. The molecule has 0 unspecified atom stereocenters. The molecule has 0 aromatic heterocycles. The van der Waals surface area contributed by atoms with Gasteiger partial charge in [0.2, 0.25) is 0 Å². The Hall–Kier alpha value is -3.17. The quantitative estimate of drug-likeness (QED) is 0.355. The van der Waals surface area contributed by atoms with E-state index < -0.39 is 12.6 Å². The minimum atomic E-state index is -1.05. The van der Waals surface area contributed by atoms with E-state index in [4.69, 9.17) is 37.3 Å². The molecule has 0 heterocycles. The van der Waals surface area contributed by atoms with Crippen LogP contribution < -0.4 is 26.8 Å². The molecule has 0 fully saturated rings. The minimum absolute atomic E-state index is 0.0643. The number of aliphatic hydroxyl groups excluding tert-OH is 2. The van der Waals surface area contributed by atoms with Crippen LogP contribution in [0.3, 0.4) is 0 Å². The molecule has 9 nitrogen and oxygen atoms in total. The standard InChI is InChI=1S/C10H16N2O2.C8H10N2O3/c11-9-2-1-3-10(8-9)12(4-6-13)5-7-14;9-5-1-2-7(6(10)3-5)13-4-8(11)12/h1-3,8,13-14H,4-7,11H2;1-3H,4,9-10H2,(H,11,12). The van der Waals surface area contributed by atoms with Crippen molar-refractivity contribution >= 4 is 28.7 Å². The Labute approximate surface area is 157 Å². The van der Waals surface area contributed by atoms with Crippen molar-refractivity contribution < 1.29 is 24.9 Å². The second kappa shape index (κ2) is 11.4. The molecule has 0 amide bonds. The van der Waals surface area contributed by atoms with Crippen molar-refractivity contribution in [2.45, 2.75) is 0 Å². The molecular formula is C18H26N4O5. The van der Waals surface area contributed by atoms with Gasteiger partial charge >= 0.3 is 5.97 Å². The van der Waals surface area contributed by atoms with E-state index in [0.717, 1.165) is 5.69 Å². The number of aliphatic hydroxyl groups is 2. The van der Waals surface area contributed by atoms with Crippen LogP contribution in [0.2, 0.25) is 0 Å². The Bertz CT molecular complexity index is 721. The van der Waals surface area contributed by atoms with Gasteiger partial charge in [-0.2, -0.15) is 0 Å². The molecule has 0 spiro atoms. The van der Waals surface area contributed by atoms with E-state index in [1.165, 1.54) is 12.1 Å². The summed E-state index contributed by atoms with van der Waals surface area (Å²) in [6.45, 7) is 0.728. The molecule has 9 heteroatoms. The highest BCUT2D eigenvalue weighted by Gasteiger charge is 2.05. The van der Waals surface area contributed by atoms with Gasteiger partial charge in [-0.3, -0.25) is 0 Å². The Balaban J connectivity index is 0.000000271. The number of carboxylic acids is 1. The number of ether oxygens (including phenoxy) is 1. The van der Waals surface area contributed by atoms with E-state index in [2.05, 4.69) is 0 Å². The number of nitrogens with two attached hydrogens (primary N) is 3. The third-order valence-corrected chi connectivity index (χ3v) is 3.36. The average Bonchev–Trinajstić information content (AvgIpc) is 2.61. The maximum atomic E-state index is 10.2. The van der Waals surface area contributed by atoms with Gasteiger partial charge in [-0.05, 0) is 36.4 Å². The van der Waals surface area contributed by atoms with Gasteiger partial charge in [-0.15, -0.1) is 0 Å². The smallest absolute Gasteiger partial charge is 0.341 e. The molecule has 0 saturated heterocycles. The molecule has 0 atom stereocenters. The first-order valence-corrected chi connectivity index (χ1v) is 8.19. The zero-order valence-electron chi connectivity index (χ0n) is 14.9. The Morgan fingerprint density at radius 1 is 0.963 bits per heavy atom. The largest absolute Gasteiger partial charge is 0.480 e. The van der Waals surface area contributed by atoms with Crippen molar-refractivity contribution in [3.05, 3.63) is 42.5 Å².